The first-order chi connectivity index (χ1) is 12.3. The highest BCUT2D eigenvalue weighted by Crippen LogP contribution is 2.18. The fraction of sp³-hybridized carbons (Fsp3) is 0.391. The molecule has 142 valence electrons. The van der Waals surface area contributed by atoms with E-state index in [0.29, 0.717) is 23.5 Å². The molecule has 1 nitrogen and oxygen atoms in total. The van der Waals surface area contributed by atoms with Crippen LogP contribution in [0.5, 0.6) is 0 Å². The van der Waals surface area contributed by atoms with Crippen LogP contribution in [0.1, 0.15) is 40.5 Å². The summed E-state index contributed by atoms with van der Waals surface area (Å²) in [7, 11) is 0. The summed E-state index contributed by atoms with van der Waals surface area (Å²) in [6, 6.07) is 0. The standard InChI is InChI=1S/C23H30F2O/c1-6-21-9-7-11-22(12-8-10-21)16-26-18(3)13-14-23(25)15-17(2)19(4)20(5)24/h6-11,13,15,22-23H,1,12,14,16H2,2-5H3/b10-8-,11-7+,17-15?,18-13+,20-19+,21-9-. The minimum atomic E-state index is -1.16. The lowest BCUT2D eigenvalue weighted by molar-refractivity contribution is 0.183. The predicted molar refractivity (Wildman–Crippen MR) is 107 cm³/mol. The van der Waals surface area contributed by atoms with Gasteiger partial charge in [0, 0.05) is 12.3 Å². The lowest BCUT2D eigenvalue weighted by Gasteiger charge is -2.14. The average molecular weight is 360 g/mol. The molecule has 1 rings (SSSR count). The van der Waals surface area contributed by atoms with Crippen LogP contribution >= 0.6 is 0 Å². The van der Waals surface area contributed by atoms with Crippen molar-refractivity contribution in [3.05, 3.63) is 83.5 Å². The van der Waals surface area contributed by atoms with Crippen LogP contribution in [0.15, 0.2) is 83.5 Å². The summed E-state index contributed by atoms with van der Waals surface area (Å²) < 4.78 is 32.9. The van der Waals surface area contributed by atoms with Crippen molar-refractivity contribution in [2.24, 2.45) is 5.92 Å². The van der Waals surface area contributed by atoms with Crippen molar-refractivity contribution in [3.8, 4) is 0 Å². The second kappa shape index (κ2) is 11.5. The molecule has 0 aromatic rings. The molecule has 0 amide bonds. The van der Waals surface area contributed by atoms with Gasteiger partial charge in [-0.05, 0) is 63.0 Å². The van der Waals surface area contributed by atoms with Crippen molar-refractivity contribution in [1.29, 1.82) is 0 Å². The second-order valence-electron chi connectivity index (χ2n) is 6.54. The minimum Gasteiger partial charge on any atom is -0.498 e. The lowest BCUT2D eigenvalue weighted by atomic mass is 10.0. The third-order valence-electron chi connectivity index (χ3n) is 4.35. The molecule has 1 aliphatic rings. The molecule has 26 heavy (non-hydrogen) atoms. The van der Waals surface area contributed by atoms with Crippen LogP contribution in [0.3, 0.4) is 0 Å². The van der Waals surface area contributed by atoms with E-state index in [2.05, 4.69) is 18.7 Å². The minimum absolute atomic E-state index is 0.216. The van der Waals surface area contributed by atoms with E-state index in [1.165, 1.54) is 13.0 Å². The Morgan fingerprint density at radius 1 is 1.35 bits per heavy atom. The molecule has 0 aliphatic heterocycles. The van der Waals surface area contributed by atoms with Gasteiger partial charge >= 0.3 is 0 Å². The highest BCUT2D eigenvalue weighted by molar-refractivity contribution is 5.33. The number of allylic oxidation sites excluding steroid dienone is 12. The van der Waals surface area contributed by atoms with Gasteiger partial charge in [0.05, 0.1) is 18.2 Å². The highest BCUT2D eigenvalue weighted by Gasteiger charge is 2.07. The molecule has 0 spiro atoms. The molecule has 0 heterocycles. The largest absolute Gasteiger partial charge is 0.498 e. The molecule has 0 radical (unpaired) electrons. The SMILES string of the molecule is C=CC1=C/C=C/C(CO/C(C)=C/CC(F)C=C(C)/C(C)=C(\C)F)C/C=C\1. The molecule has 0 aromatic heterocycles. The number of rotatable bonds is 8. The summed E-state index contributed by atoms with van der Waals surface area (Å²) in [4.78, 5) is 0. The molecule has 2 unspecified atom stereocenters. The van der Waals surface area contributed by atoms with Gasteiger partial charge in [-0.1, -0.05) is 43.0 Å². The number of halogens is 2. The van der Waals surface area contributed by atoms with Crippen molar-refractivity contribution in [2.45, 2.75) is 46.7 Å². The maximum atomic E-state index is 14.0. The van der Waals surface area contributed by atoms with Gasteiger partial charge in [0.15, 0.2) is 0 Å². The van der Waals surface area contributed by atoms with Gasteiger partial charge in [-0.2, -0.15) is 0 Å². The Morgan fingerprint density at radius 3 is 2.73 bits per heavy atom. The maximum absolute atomic E-state index is 14.0. The zero-order valence-corrected chi connectivity index (χ0v) is 16.3. The van der Waals surface area contributed by atoms with Crippen LogP contribution in [0.2, 0.25) is 0 Å². The number of ether oxygens (including phenoxy) is 1. The third kappa shape index (κ3) is 8.28. The summed E-state index contributed by atoms with van der Waals surface area (Å²) in [5.41, 5.74) is 2.20. The Kier molecular flexibility index (Phi) is 9.64. The molecule has 0 aromatic carbocycles. The van der Waals surface area contributed by atoms with E-state index in [1.807, 2.05) is 31.2 Å². The fourth-order valence-corrected chi connectivity index (χ4v) is 2.41. The van der Waals surface area contributed by atoms with Gasteiger partial charge in [0.1, 0.15) is 6.17 Å². The van der Waals surface area contributed by atoms with Crippen molar-refractivity contribution in [3.63, 3.8) is 0 Å². The van der Waals surface area contributed by atoms with Crippen molar-refractivity contribution in [1.82, 2.24) is 0 Å². The number of hydrogen-bond acceptors (Lipinski definition) is 1. The summed E-state index contributed by atoms with van der Waals surface area (Å²) in [6.07, 6.45) is 15.3. The second-order valence-corrected chi connectivity index (χ2v) is 6.54. The Labute approximate surface area is 156 Å². The van der Waals surface area contributed by atoms with E-state index in [-0.39, 0.29) is 18.2 Å². The first-order valence-corrected chi connectivity index (χ1v) is 8.96. The Hall–Kier alpha value is -2.16. The van der Waals surface area contributed by atoms with Crippen molar-refractivity contribution >= 4 is 0 Å². The van der Waals surface area contributed by atoms with Gasteiger partial charge < -0.3 is 4.74 Å². The first kappa shape index (κ1) is 21.9. The first-order valence-electron chi connectivity index (χ1n) is 8.96. The van der Waals surface area contributed by atoms with E-state index in [0.717, 1.165) is 12.0 Å². The summed E-state index contributed by atoms with van der Waals surface area (Å²) in [5, 5.41) is 0. The maximum Gasteiger partial charge on any atom is 0.122 e. The number of alkyl halides is 1. The van der Waals surface area contributed by atoms with Crippen LogP contribution in [0.4, 0.5) is 8.78 Å². The molecular weight excluding hydrogens is 330 g/mol. The average Bonchev–Trinajstić information content (AvgIpc) is 2.58. The van der Waals surface area contributed by atoms with Gasteiger partial charge in [-0.15, -0.1) is 0 Å². The zero-order chi connectivity index (χ0) is 19.5. The normalized spacial score (nSPS) is 25.2. The van der Waals surface area contributed by atoms with Crippen LogP contribution in [0, 0.1) is 5.92 Å². The third-order valence-corrected chi connectivity index (χ3v) is 4.35. The van der Waals surface area contributed by atoms with E-state index in [9.17, 15) is 8.78 Å². The predicted octanol–water partition coefficient (Wildman–Crippen LogP) is 7.09. The highest BCUT2D eigenvalue weighted by atomic mass is 19.1. The number of hydrogen-bond donors (Lipinski definition) is 0. The van der Waals surface area contributed by atoms with Crippen LogP contribution in [-0.4, -0.2) is 12.8 Å². The van der Waals surface area contributed by atoms with Crippen LogP contribution in [-0.2, 0) is 4.74 Å². The molecule has 0 fully saturated rings. The van der Waals surface area contributed by atoms with Crippen LogP contribution in [0.25, 0.3) is 0 Å². The Bertz CT molecular complexity index is 656. The van der Waals surface area contributed by atoms with Gasteiger partial charge in [0.2, 0.25) is 0 Å². The zero-order valence-electron chi connectivity index (χ0n) is 16.3. The molecule has 0 bridgehead atoms. The van der Waals surface area contributed by atoms with Crippen LogP contribution < -0.4 is 0 Å². The molecular formula is C23H30F2O. The van der Waals surface area contributed by atoms with Crippen molar-refractivity contribution in [2.75, 3.05) is 6.61 Å². The van der Waals surface area contributed by atoms with E-state index in [4.69, 9.17) is 4.74 Å². The summed E-state index contributed by atoms with van der Waals surface area (Å²) >= 11 is 0. The van der Waals surface area contributed by atoms with Gasteiger partial charge in [-0.3, -0.25) is 0 Å². The Balaban J connectivity index is 2.52. The van der Waals surface area contributed by atoms with Gasteiger partial charge in [-0.25, -0.2) is 8.78 Å². The Morgan fingerprint density at radius 2 is 2.08 bits per heavy atom. The van der Waals surface area contributed by atoms with E-state index in [1.54, 1.807) is 19.9 Å². The van der Waals surface area contributed by atoms with Gasteiger partial charge in [0.25, 0.3) is 0 Å². The molecule has 3 heteroatoms. The topological polar surface area (TPSA) is 9.23 Å². The monoisotopic (exact) mass is 360 g/mol. The summed E-state index contributed by atoms with van der Waals surface area (Å²) in [6.45, 7) is 10.9. The lowest BCUT2D eigenvalue weighted by Crippen LogP contribution is -2.06. The fourth-order valence-electron chi connectivity index (χ4n) is 2.41. The smallest absolute Gasteiger partial charge is 0.122 e. The summed E-state index contributed by atoms with van der Waals surface area (Å²) in [5.74, 6) is 0.701. The molecule has 0 saturated heterocycles. The van der Waals surface area contributed by atoms with E-state index >= 15 is 0 Å². The molecule has 2 atom stereocenters. The molecule has 1 aliphatic carbocycles. The van der Waals surface area contributed by atoms with E-state index < -0.39 is 6.17 Å². The van der Waals surface area contributed by atoms with Crippen molar-refractivity contribution < 1.29 is 13.5 Å². The molecule has 0 N–H and O–H groups in total. The molecule has 0 saturated carbocycles. The quantitative estimate of drug-likeness (QED) is 0.332.